The summed E-state index contributed by atoms with van der Waals surface area (Å²) in [6, 6.07) is 4.42. The molecule has 4 nitrogen and oxygen atoms in total. The first-order valence-corrected chi connectivity index (χ1v) is 6.75. The highest BCUT2D eigenvalue weighted by atomic mass is 15.3. The minimum absolute atomic E-state index is 0.251. The van der Waals surface area contributed by atoms with Gasteiger partial charge >= 0.3 is 0 Å². The zero-order valence-corrected chi connectivity index (χ0v) is 10.6. The lowest BCUT2D eigenvalue weighted by atomic mass is 9.94. The first-order valence-electron chi connectivity index (χ1n) is 6.75. The summed E-state index contributed by atoms with van der Waals surface area (Å²) in [4.78, 5) is 0. The molecular weight excluding hydrogens is 224 g/mol. The molecule has 0 amide bonds. The summed E-state index contributed by atoms with van der Waals surface area (Å²) in [5.74, 6) is 0. The van der Waals surface area contributed by atoms with Gasteiger partial charge in [0.05, 0.1) is 0 Å². The van der Waals surface area contributed by atoms with E-state index >= 15 is 0 Å². The van der Waals surface area contributed by atoms with Crippen molar-refractivity contribution in [3.63, 3.8) is 0 Å². The van der Waals surface area contributed by atoms with E-state index in [1.165, 1.54) is 24.1 Å². The van der Waals surface area contributed by atoms with Crippen LogP contribution in [0.2, 0.25) is 0 Å². The molecule has 0 aromatic carbocycles. The summed E-state index contributed by atoms with van der Waals surface area (Å²) in [6.45, 7) is 2.04. The Kier molecular flexibility index (Phi) is 3.19. The van der Waals surface area contributed by atoms with Crippen LogP contribution in [0, 0.1) is 0 Å². The predicted molar refractivity (Wildman–Crippen MR) is 71.1 cm³/mol. The van der Waals surface area contributed by atoms with Crippen LogP contribution in [0.1, 0.15) is 36.6 Å². The van der Waals surface area contributed by atoms with E-state index in [9.17, 15) is 0 Å². The van der Waals surface area contributed by atoms with Crippen molar-refractivity contribution in [1.82, 2.24) is 14.3 Å². The van der Waals surface area contributed by atoms with Gasteiger partial charge in [0.1, 0.15) is 0 Å². The normalized spacial score (nSPS) is 18.8. The minimum Gasteiger partial charge on any atom is -0.351 e. The summed E-state index contributed by atoms with van der Waals surface area (Å²) in [7, 11) is 0. The molecule has 0 bridgehead atoms. The molecule has 96 valence electrons. The predicted octanol–water partition coefficient (Wildman–Crippen LogP) is 2.11. The van der Waals surface area contributed by atoms with Crippen LogP contribution in [0.15, 0.2) is 30.7 Å². The Morgan fingerprint density at radius 3 is 3.11 bits per heavy atom. The number of rotatable bonds is 4. The molecule has 4 heteroatoms. The quantitative estimate of drug-likeness (QED) is 0.895. The van der Waals surface area contributed by atoms with Crippen LogP contribution >= 0.6 is 0 Å². The fourth-order valence-electron chi connectivity index (χ4n) is 2.84. The lowest BCUT2D eigenvalue weighted by Crippen LogP contribution is -2.18. The third-order valence-corrected chi connectivity index (χ3v) is 3.79. The van der Waals surface area contributed by atoms with Crippen LogP contribution in [-0.4, -0.2) is 14.3 Å². The minimum atomic E-state index is 0.251. The molecule has 1 unspecified atom stereocenters. The number of hydrogen-bond donors (Lipinski definition) is 1. The average molecular weight is 244 g/mol. The molecule has 2 aromatic heterocycles. The molecule has 0 saturated carbocycles. The molecular formula is C14H20N4. The first-order chi connectivity index (χ1) is 8.84. The van der Waals surface area contributed by atoms with Gasteiger partial charge in [-0.05, 0) is 43.4 Å². The van der Waals surface area contributed by atoms with Crippen molar-refractivity contribution in [1.29, 1.82) is 0 Å². The van der Waals surface area contributed by atoms with Crippen molar-refractivity contribution in [2.24, 2.45) is 5.73 Å². The number of hydrogen-bond acceptors (Lipinski definition) is 2. The first kappa shape index (κ1) is 11.5. The fourth-order valence-corrected chi connectivity index (χ4v) is 2.84. The Hall–Kier alpha value is -1.55. The van der Waals surface area contributed by atoms with E-state index in [0.29, 0.717) is 0 Å². The van der Waals surface area contributed by atoms with Gasteiger partial charge in [-0.25, -0.2) is 0 Å². The topological polar surface area (TPSA) is 48.8 Å². The lowest BCUT2D eigenvalue weighted by molar-refractivity contribution is 0.498. The van der Waals surface area contributed by atoms with Crippen molar-refractivity contribution in [3.05, 3.63) is 42.0 Å². The third-order valence-electron chi connectivity index (χ3n) is 3.79. The van der Waals surface area contributed by atoms with Gasteiger partial charge in [-0.15, -0.1) is 0 Å². The molecule has 2 N–H and O–H groups in total. The molecule has 0 spiro atoms. The maximum Gasteiger partial charge on any atom is 0.0489 e. The van der Waals surface area contributed by atoms with Crippen LogP contribution < -0.4 is 5.73 Å². The zero-order chi connectivity index (χ0) is 12.4. The van der Waals surface area contributed by atoms with E-state index in [4.69, 9.17) is 5.73 Å². The van der Waals surface area contributed by atoms with E-state index in [1.54, 1.807) is 0 Å². The average Bonchev–Trinajstić information content (AvgIpc) is 3.00. The molecule has 0 aliphatic heterocycles. The number of fused-ring (bicyclic) bond motifs is 1. The Balaban J connectivity index is 1.63. The van der Waals surface area contributed by atoms with Gasteiger partial charge in [-0.2, -0.15) is 5.10 Å². The molecule has 18 heavy (non-hydrogen) atoms. The SMILES string of the molecule is NC1CCCc2c1ccn2CCCn1cccn1. The number of nitrogens with zero attached hydrogens (tertiary/aromatic N) is 3. The lowest BCUT2D eigenvalue weighted by Gasteiger charge is -2.21. The Morgan fingerprint density at radius 1 is 1.33 bits per heavy atom. The number of nitrogens with two attached hydrogens (primary N) is 1. The molecule has 1 aliphatic carbocycles. The zero-order valence-electron chi connectivity index (χ0n) is 10.6. The largest absolute Gasteiger partial charge is 0.351 e. The van der Waals surface area contributed by atoms with Gasteiger partial charge in [0.15, 0.2) is 0 Å². The molecule has 0 saturated heterocycles. The third kappa shape index (κ3) is 2.20. The van der Waals surface area contributed by atoms with Crippen LogP contribution in [-0.2, 0) is 19.5 Å². The van der Waals surface area contributed by atoms with Crippen molar-refractivity contribution in [3.8, 4) is 0 Å². The van der Waals surface area contributed by atoms with Gasteiger partial charge in [-0.3, -0.25) is 4.68 Å². The highest BCUT2D eigenvalue weighted by Gasteiger charge is 2.19. The van der Waals surface area contributed by atoms with Crippen molar-refractivity contribution in [2.45, 2.75) is 44.8 Å². The second kappa shape index (κ2) is 4.98. The van der Waals surface area contributed by atoms with E-state index in [1.807, 2.05) is 23.1 Å². The van der Waals surface area contributed by atoms with E-state index in [0.717, 1.165) is 25.9 Å². The molecule has 1 atom stereocenters. The van der Waals surface area contributed by atoms with Gasteiger partial charge in [-0.1, -0.05) is 0 Å². The van der Waals surface area contributed by atoms with Gasteiger partial charge in [0, 0.05) is 43.4 Å². The Morgan fingerprint density at radius 2 is 2.28 bits per heavy atom. The number of aryl methyl sites for hydroxylation is 2. The second-order valence-electron chi connectivity index (χ2n) is 5.03. The Labute approximate surface area is 107 Å². The van der Waals surface area contributed by atoms with E-state index in [-0.39, 0.29) is 6.04 Å². The number of aromatic nitrogens is 3. The van der Waals surface area contributed by atoms with Gasteiger partial charge in [0.2, 0.25) is 0 Å². The smallest absolute Gasteiger partial charge is 0.0489 e. The summed E-state index contributed by atoms with van der Waals surface area (Å²) in [5, 5.41) is 4.22. The van der Waals surface area contributed by atoms with Crippen LogP contribution in [0.5, 0.6) is 0 Å². The monoisotopic (exact) mass is 244 g/mol. The molecule has 0 fully saturated rings. The summed E-state index contributed by atoms with van der Waals surface area (Å²) >= 11 is 0. The fraction of sp³-hybridized carbons (Fsp3) is 0.500. The maximum absolute atomic E-state index is 6.14. The molecule has 0 radical (unpaired) electrons. The maximum atomic E-state index is 6.14. The van der Waals surface area contributed by atoms with Crippen molar-refractivity contribution >= 4 is 0 Å². The van der Waals surface area contributed by atoms with Crippen LogP contribution in [0.3, 0.4) is 0 Å². The molecule has 1 aliphatic rings. The van der Waals surface area contributed by atoms with Crippen LogP contribution in [0.4, 0.5) is 0 Å². The van der Waals surface area contributed by atoms with E-state index < -0.39 is 0 Å². The highest BCUT2D eigenvalue weighted by molar-refractivity contribution is 5.28. The molecule has 2 aromatic rings. The standard InChI is InChI=1S/C14H20N4/c15-13-4-1-5-14-12(13)6-11-17(14)8-3-10-18-9-2-7-16-18/h2,6-7,9,11,13H,1,3-5,8,10,15H2. The summed E-state index contributed by atoms with van der Waals surface area (Å²) < 4.78 is 4.36. The van der Waals surface area contributed by atoms with Crippen molar-refractivity contribution in [2.75, 3.05) is 0 Å². The van der Waals surface area contributed by atoms with Crippen LogP contribution in [0.25, 0.3) is 0 Å². The van der Waals surface area contributed by atoms with Crippen molar-refractivity contribution < 1.29 is 0 Å². The summed E-state index contributed by atoms with van der Waals surface area (Å²) in [6.07, 6.45) is 10.7. The highest BCUT2D eigenvalue weighted by Crippen LogP contribution is 2.28. The molecule has 2 heterocycles. The second-order valence-corrected chi connectivity index (χ2v) is 5.03. The van der Waals surface area contributed by atoms with E-state index in [2.05, 4.69) is 21.9 Å². The van der Waals surface area contributed by atoms with Gasteiger partial charge < -0.3 is 10.3 Å². The van der Waals surface area contributed by atoms with Gasteiger partial charge in [0.25, 0.3) is 0 Å². The Bertz CT molecular complexity index is 498. The molecule has 3 rings (SSSR count). The summed E-state index contributed by atoms with van der Waals surface area (Å²) in [5.41, 5.74) is 8.95.